The lowest BCUT2D eigenvalue weighted by Crippen LogP contribution is -2.32. The Balaban J connectivity index is 2.30. The van der Waals surface area contributed by atoms with Crippen molar-refractivity contribution in [2.75, 3.05) is 18.0 Å². The average molecular weight is 300 g/mol. The predicted molar refractivity (Wildman–Crippen MR) is 79.5 cm³/mol. The van der Waals surface area contributed by atoms with Crippen LogP contribution in [-0.2, 0) is 12.7 Å². The Morgan fingerprint density at radius 1 is 1.14 bits per heavy atom. The first-order chi connectivity index (χ1) is 9.88. The highest BCUT2D eigenvalue weighted by Crippen LogP contribution is 2.34. The summed E-state index contributed by atoms with van der Waals surface area (Å²) in [4.78, 5) is 2.09. The molecule has 0 spiro atoms. The number of alkyl halides is 3. The zero-order chi connectivity index (χ0) is 15.5. The molecule has 1 aliphatic heterocycles. The molecule has 0 aliphatic carbocycles. The molecule has 0 unspecified atom stereocenters. The summed E-state index contributed by atoms with van der Waals surface area (Å²) < 4.78 is 38.8. The third kappa shape index (κ3) is 4.37. The fraction of sp³-hybridized carbons (Fsp3) is 0.625. The van der Waals surface area contributed by atoms with Crippen LogP contribution in [0.3, 0.4) is 0 Å². The summed E-state index contributed by atoms with van der Waals surface area (Å²) in [6.45, 7) is 6.35. The van der Waals surface area contributed by atoms with Crippen LogP contribution in [0.5, 0.6) is 0 Å². The maximum Gasteiger partial charge on any atom is 0.416 e. The molecule has 118 valence electrons. The quantitative estimate of drug-likeness (QED) is 0.897. The number of hydrogen-bond donors (Lipinski definition) is 1. The molecule has 5 heteroatoms. The van der Waals surface area contributed by atoms with Gasteiger partial charge < -0.3 is 10.2 Å². The van der Waals surface area contributed by atoms with Gasteiger partial charge in [0.15, 0.2) is 0 Å². The molecule has 1 aromatic carbocycles. The molecule has 0 bridgehead atoms. The monoisotopic (exact) mass is 300 g/mol. The molecule has 1 fully saturated rings. The third-order valence-electron chi connectivity index (χ3n) is 3.81. The smallest absolute Gasteiger partial charge is 0.371 e. The van der Waals surface area contributed by atoms with Crippen LogP contribution in [0, 0.1) is 0 Å². The summed E-state index contributed by atoms with van der Waals surface area (Å²) in [6, 6.07) is 4.41. The van der Waals surface area contributed by atoms with Crippen molar-refractivity contribution in [1.82, 2.24) is 5.32 Å². The van der Waals surface area contributed by atoms with Gasteiger partial charge in [0.05, 0.1) is 5.56 Å². The Bertz CT molecular complexity index is 463. The van der Waals surface area contributed by atoms with E-state index in [9.17, 15) is 13.2 Å². The first kappa shape index (κ1) is 16.1. The second kappa shape index (κ2) is 6.69. The average Bonchev–Trinajstić information content (AvgIpc) is 2.45. The number of benzene rings is 1. The SMILES string of the molecule is CC(C)NCc1ccc(C(F)(F)F)cc1N1CCCCC1. The van der Waals surface area contributed by atoms with Crippen molar-refractivity contribution >= 4 is 5.69 Å². The summed E-state index contributed by atoms with van der Waals surface area (Å²) in [5.41, 5.74) is 1.12. The van der Waals surface area contributed by atoms with Crippen molar-refractivity contribution in [2.45, 2.75) is 51.9 Å². The lowest BCUT2D eigenvalue weighted by Gasteiger charge is -2.31. The Labute approximate surface area is 124 Å². The van der Waals surface area contributed by atoms with E-state index in [1.165, 1.54) is 12.1 Å². The Hall–Kier alpha value is -1.23. The highest BCUT2D eigenvalue weighted by molar-refractivity contribution is 5.56. The van der Waals surface area contributed by atoms with Crippen molar-refractivity contribution in [3.8, 4) is 0 Å². The lowest BCUT2D eigenvalue weighted by atomic mass is 10.0. The Kier molecular flexibility index (Phi) is 5.14. The molecule has 1 aromatic rings. The van der Waals surface area contributed by atoms with Crippen LogP contribution in [0.4, 0.5) is 18.9 Å². The molecule has 1 aliphatic rings. The van der Waals surface area contributed by atoms with Crippen LogP contribution >= 0.6 is 0 Å². The Morgan fingerprint density at radius 3 is 2.38 bits per heavy atom. The number of anilines is 1. The fourth-order valence-corrected chi connectivity index (χ4v) is 2.63. The minimum atomic E-state index is -4.28. The van der Waals surface area contributed by atoms with Crippen molar-refractivity contribution in [3.05, 3.63) is 29.3 Å². The minimum absolute atomic E-state index is 0.307. The van der Waals surface area contributed by atoms with Crippen molar-refractivity contribution in [2.24, 2.45) is 0 Å². The minimum Gasteiger partial charge on any atom is -0.371 e. The van der Waals surface area contributed by atoms with Crippen molar-refractivity contribution < 1.29 is 13.2 Å². The van der Waals surface area contributed by atoms with Gasteiger partial charge in [0.1, 0.15) is 0 Å². The summed E-state index contributed by atoms with van der Waals surface area (Å²) in [6.07, 6.45) is -1.02. The molecule has 0 amide bonds. The second-order valence-electron chi connectivity index (χ2n) is 5.92. The van der Waals surface area contributed by atoms with Gasteiger partial charge >= 0.3 is 6.18 Å². The molecule has 0 atom stereocenters. The van der Waals surface area contributed by atoms with Gasteiger partial charge in [-0.1, -0.05) is 19.9 Å². The van der Waals surface area contributed by atoms with E-state index in [0.717, 1.165) is 43.6 Å². The molecule has 1 heterocycles. The van der Waals surface area contributed by atoms with Gasteiger partial charge in [-0.25, -0.2) is 0 Å². The van der Waals surface area contributed by atoms with Gasteiger partial charge in [-0.15, -0.1) is 0 Å². The molecule has 2 rings (SSSR count). The lowest BCUT2D eigenvalue weighted by molar-refractivity contribution is -0.137. The largest absolute Gasteiger partial charge is 0.416 e. The van der Waals surface area contributed by atoms with Crippen LogP contribution in [0.1, 0.15) is 44.2 Å². The van der Waals surface area contributed by atoms with Gasteiger partial charge in [0.2, 0.25) is 0 Å². The maximum absolute atomic E-state index is 12.9. The van der Waals surface area contributed by atoms with Gasteiger partial charge in [0, 0.05) is 31.4 Å². The van der Waals surface area contributed by atoms with Crippen LogP contribution < -0.4 is 10.2 Å². The molecule has 2 nitrogen and oxygen atoms in total. The van der Waals surface area contributed by atoms with Gasteiger partial charge in [-0.2, -0.15) is 13.2 Å². The van der Waals surface area contributed by atoms with E-state index in [-0.39, 0.29) is 0 Å². The third-order valence-corrected chi connectivity index (χ3v) is 3.81. The Morgan fingerprint density at radius 2 is 1.81 bits per heavy atom. The molecule has 1 N–H and O–H groups in total. The summed E-state index contributed by atoms with van der Waals surface area (Å²) in [5.74, 6) is 0. The molecular weight excluding hydrogens is 277 g/mol. The second-order valence-corrected chi connectivity index (χ2v) is 5.92. The predicted octanol–water partition coefficient (Wildman–Crippen LogP) is 4.19. The van der Waals surface area contributed by atoms with Gasteiger partial charge in [-0.3, -0.25) is 0 Å². The number of hydrogen-bond acceptors (Lipinski definition) is 2. The number of nitrogens with zero attached hydrogens (tertiary/aromatic N) is 1. The number of halogens is 3. The van der Waals surface area contributed by atoms with E-state index < -0.39 is 11.7 Å². The van der Waals surface area contributed by atoms with Gasteiger partial charge in [-0.05, 0) is 37.0 Å². The van der Waals surface area contributed by atoms with E-state index >= 15 is 0 Å². The summed E-state index contributed by atoms with van der Waals surface area (Å²) >= 11 is 0. The topological polar surface area (TPSA) is 15.3 Å². The first-order valence-corrected chi connectivity index (χ1v) is 7.56. The summed E-state index contributed by atoms with van der Waals surface area (Å²) in [7, 11) is 0. The number of nitrogens with one attached hydrogen (secondary N) is 1. The molecule has 0 aromatic heterocycles. The van der Waals surface area contributed by atoms with Crippen LogP contribution in [0.2, 0.25) is 0 Å². The standard InChI is InChI=1S/C16H23F3N2/c1-12(2)20-11-13-6-7-14(16(17,18)19)10-15(13)21-8-4-3-5-9-21/h6-7,10,12,20H,3-5,8-9,11H2,1-2H3. The van der Waals surface area contributed by atoms with Crippen molar-refractivity contribution in [3.63, 3.8) is 0 Å². The van der Waals surface area contributed by atoms with Gasteiger partial charge in [0.25, 0.3) is 0 Å². The van der Waals surface area contributed by atoms with Crippen LogP contribution in [0.15, 0.2) is 18.2 Å². The highest BCUT2D eigenvalue weighted by Gasteiger charge is 2.31. The van der Waals surface area contributed by atoms with E-state index in [0.29, 0.717) is 12.6 Å². The normalized spacial score (nSPS) is 16.6. The zero-order valence-corrected chi connectivity index (χ0v) is 12.6. The molecule has 1 saturated heterocycles. The fourth-order valence-electron chi connectivity index (χ4n) is 2.63. The van der Waals surface area contributed by atoms with Crippen LogP contribution in [0.25, 0.3) is 0 Å². The van der Waals surface area contributed by atoms with Crippen molar-refractivity contribution in [1.29, 1.82) is 0 Å². The highest BCUT2D eigenvalue weighted by atomic mass is 19.4. The maximum atomic E-state index is 12.9. The number of piperidine rings is 1. The first-order valence-electron chi connectivity index (χ1n) is 7.56. The zero-order valence-electron chi connectivity index (χ0n) is 12.6. The van der Waals surface area contributed by atoms with E-state index in [1.54, 1.807) is 6.07 Å². The van der Waals surface area contributed by atoms with E-state index in [1.807, 2.05) is 13.8 Å². The number of rotatable bonds is 4. The van der Waals surface area contributed by atoms with Crippen LogP contribution in [-0.4, -0.2) is 19.1 Å². The summed E-state index contributed by atoms with van der Waals surface area (Å²) in [5, 5.41) is 3.29. The van der Waals surface area contributed by atoms with E-state index in [2.05, 4.69) is 10.2 Å². The molecular formula is C16H23F3N2. The van der Waals surface area contributed by atoms with E-state index in [4.69, 9.17) is 0 Å². The molecule has 21 heavy (non-hydrogen) atoms. The molecule has 0 radical (unpaired) electrons. The molecule has 0 saturated carbocycles.